The van der Waals surface area contributed by atoms with Gasteiger partial charge in [-0.2, -0.15) is 0 Å². The van der Waals surface area contributed by atoms with E-state index in [1.165, 1.54) is 12.3 Å². The average Bonchev–Trinajstić information content (AvgIpc) is 2.36. The minimum absolute atomic E-state index is 0.0390. The van der Waals surface area contributed by atoms with Gasteiger partial charge in [-0.05, 0) is 19.1 Å². The number of aromatic nitrogens is 1. The lowest BCUT2D eigenvalue weighted by molar-refractivity contribution is -0.148. The van der Waals surface area contributed by atoms with Crippen LogP contribution >= 0.6 is 0 Å². The third-order valence-corrected chi connectivity index (χ3v) is 3.38. The number of ether oxygens (including phenoxy) is 1. The maximum absolute atomic E-state index is 11.8. The van der Waals surface area contributed by atoms with Gasteiger partial charge in [0.1, 0.15) is 12.4 Å². The van der Waals surface area contributed by atoms with Crippen molar-refractivity contribution in [3.63, 3.8) is 0 Å². The molecule has 0 amide bonds. The average molecular weight is 245 g/mol. The van der Waals surface area contributed by atoms with Gasteiger partial charge in [0.05, 0.1) is 5.52 Å². The Labute approximate surface area is 102 Å². The maximum Gasteiger partial charge on any atom is 0.333 e. The van der Waals surface area contributed by atoms with Gasteiger partial charge >= 0.3 is 5.97 Å². The van der Waals surface area contributed by atoms with Crippen molar-refractivity contribution in [2.24, 2.45) is 0 Å². The Morgan fingerprint density at radius 2 is 2.22 bits per heavy atom. The van der Waals surface area contributed by atoms with Crippen molar-refractivity contribution in [1.29, 1.82) is 0 Å². The van der Waals surface area contributed by atoms with Crippen LogP contribution in [0.1, 0.15) is 6.92 Å². The van der Waals surface area contributed by atoms with E-state index in [1.807, 2.05) is 0 Å². The highest BCUT2D eigenvalue weighted by Crippen LogP contribution is 2.33. The van der Waals surface area contributed by atoms with Crippen molar-refractivity contribution in [3.05, 3.63) is 40.7 Å². The molecule has 1 aromatic heterocycles. The SMILES string of the molecule is C[C@@]1(C(=O)O)COc2cccc3c(=O)ccn1c23. The van der Waals surface area contributed by atoms with Gasteiger partial charge in [0.2, 0.25) is 0 Å². The molecular weight excluding hydrogens is 234 g/mol. The molecule has 0 aliphatic carbocycles. The van der Waals surface area contributed by atoms with E-state index in [2.05, 4.69) is 0 Å². The fraction of sp³-hybridized carbons (Fsp3) is 0.231. The Morgan fingerprint density at radius 1 is 1.44 bits per heavy atom. The van der Waals surface area contributed by atoms with Crippen molar-refractivity contribution in [3.8, 4) is 5.75 Å². The van der Waals surface area contributed by atoms with E-state index < -0.39 is 11.5 Å². The second-order valence-electron chi connectivity index (χ2n) is 4.57. The van der Waals surface area contributed by atoms with Crippen LogP contribution in [-0.2, 0) is 10.3 Å². The molecule has 18 heavy (non-hydrogen) atoms. The van der Waals surface area contributed by atoms with E-state index in [0.29, 0.717) is 16.7 Å². The molecule has 0 saturated carbocycles. The maximum atomic E-state index is 11.8. The van der Waals surface area contributed by atoms with Gasteiger partial charge < -0.3 is 14.4 Å². The third kappa shape index (κ3) is 1.21. The van der Waals surface area contributed by atoms with Gasteiger partial charge in [-0.1, -0.05) is 6.07 Å². The van der Waals surface area contributed by atoms with Gasteiger partial charge in [-0.25, -0.2) is 4.79 Å². The summed E-state index contributed by atoms with van der Waals surface area (Å²) in [4.78, 5) is 23.2. The summed E-state index contributed by atoms with van der Waals surface area (Å²) < 4.78 is 7.09. The molecule has 0 unspecified atom stereocenters. The molecule has 3 rings (SSSR count). The van der Waals surface area contributed by atoms with Crippen molar-refractivity contribution >= 4 is 16.9 Å². The number of carbonyl (C=O) groups is 1. The first-order valence-electron chi connectivity index (χ1n) is 5.55. The number of rotatable bonds is 1. The van der Waals surface area contributed by atoms with Crippen molar-refractivity contribution < 1.29 is 14.6 Å². The molecule has 0 saturated heterocycles. The summed E-state index contributed by atoms with van der Waals surface area (Å²) in [6.45, 7) is 1.62. The van der Waals surface area contributed by atoms with E-state index in [1.54, 1.807) is 29.7 Å². The predicted molar refractivity (Wildman–Crippen MR) is 65.0 cm³/mol. The van der Waals surface area contributed by atoms with Gasteiger partial charge in [0.15, 0.2) is 11.0 Å². The molecule has 1 atom stereocenters. The molecule has 0 radical (unpaired) electrons. The Morgan fingerprint density at radius 3 is 2.94 bits per heavy atom. The fourth-order valence-corrected chi connectivity index (χ4v) is 2.26. The summed E-state index contributed by atoms with van der Waals surface area (Å²) in [6, 6.07) is 6.53. The zero-order valence-electron chi connectivity index (χ0n) is 9.71. The number of hydrogen-bond acceptors (Lipinski definition) is 3. The van der Waals surface area contributed by atoms with E-state index in [4.69, 9.17) is 4.74 Å². The number of benzene rings is 1. The van der Waals surface area contributed by atoms with Crippen LogP contribution < -0.4 is 10.2 Å². The van der Waals surface area contributed by atoms with Crippen molar-refractivity contribution in [1.82, 2.24) is 4.57 Å². The van der Waals surface area contributed by atoms with Gasteiger partial charge in [0, 0.05) is 17.6 Å². The normalized spacial score (nSPS) is 21.6. The van der Waals surface area contributed by atoms with Crippen molar-refractivity contribution in [2.45, 2.75) is 12.5 Å². The van der Waals surface area contributed by atoms with Crippen LogP contribution in [0.25, 0.3) is 10.9 Å². The molecule has 0 fully saturated rings. The highest BCUT2D eigenvalue weighted by molar-refractivity contribution is 5.89. The van der Waals surface area contributed by atoms with Crippen LogP contribution in [-0.4, -0.2) is 22.2 Å². The molecule has 0 bridgehead atoms. The fourth-order valence-electron chi connectivity index (χ4n) is 2.26. The summed E-state index contributed by atoms with van der Waals surface area (Å²) in [5, 5.41) is 9.84. The number of pyridine rings is 1. The van der Waals surface area contributed by atoms with Crippen LogP contribution in [0.2, 0.25) is 0 Å². The molecule has 1 aliphatic rings. The zero-order chi connectivity index (χ0) is 12.9. The number of carboxylic acid groups (broad SMARTS) is 1. The van der Waals surface area contributed by atoms with Crippen LogP contribution in [0.15, 0.2) is 35.3 Å². The molecular formula is C13H11NO4. The van der Waals surface area contributed by atoms with Crippen LogP contribution in [0.4, 0.5) is 0 Å². The largest absolute Gasteiger partial charge is 0.488 e. The summed E-state index contributed by atoms with van der Waals surface area (Å²) in [5.74, 6) is -0.439. The second-order valence-corrected chi connectivity index (χ2v) is 4.57. The van der Waals surface area contributed by atoms with E-state index in [9.17, 15) is 14.7 Å². The Bertz CT molecular complexity index is 718. The Balaban J connectivity index is 2.48. The quantitative estimate of drug-likeness (QED) is 0.819. The standard InChI is InChI=1S/C13H11NO4/c1-13(12(16)17)7-18-10-4-2-3-8-9(15)5-6-14(13)11(8)10/h2-6H,7H2,1H3,(H,16,17)/t13-/m0/s1. The smallest absolute Gasteiger partial charge is 0.333 e. The molecule has 2 heterocycles. The Hall–Kier alpha value is -2.30. The van der Waals surface area contributed by atoms with Crippen molar-refractivity contribution in [2.75, 3.05) is 6.61 Å². The molecule has 2 aromatic rings. The monoisotopic (exact) mass is 245 g/mol. The van der Waals surface area contributed by atoms with E-state index >= 15 is 0 Å². The number of hydrogen-bond donors (Lipinski definition) is 1. The van der Waals surface area contributed by atoms with Crippen LogP contribution in [0.3, 0.4) is 0 Å². The number of aliphatic carboxylic acids is 1. The van der Waals surface area contributed by atoms with Gasteiger partial charge in [-0.3, -0.25) is 4.79 Å². The summed E-state index contributed by atoms with van der Waals surface area (Å²) in [7, 11) is 0. The minimum Gasteiger partial charge on any atom is -0.488 e. The first kappa shape index (κ1) is 10.8. The lowest BCUT2D eigenvalue weighted by Crippen LogP contribution is -2.47. The predicted octanol–water partition coefficient (Wildman–Crippen LogP) is 1.19. The van der Waals surface area contributed by atoms with E-state index in [-0.39, 0.29) is 12.0 Å². The first-order chi connectivity index (χ1) is 8.54. The summed E-state index contributed by atoms with van der Waals surface area (Å²) in [5.41, 5.74) is -0.789. The van der Waals surface area contributed by atoms with E-state index in [0.717, 1.165) is 0 Å². The molecule has 1 aromatic carbocycles. The summed E-state index contributed by atoms with van der Waals surface area (Å²) >= 11 is 0. The number of para-hydroxylation sites is 1. The number of carboxylic acids is 1. The van der Waals surface area contributed by atoms with Gasteiger partial charge in [0.25, 0.3) is 0 Å². The molecule has 0 spiro atoms. The lowest BCUT2D eigenvalue weighted by atomic mass is 10.00. The van der Waals surface area contributed by atoms with Gasteiger partial charge in [-0.15, -0.1) is 0 Å². The highest BCUT2D eigenvalue weighted by atomic mass is 16.5. The Kier molecular flexibility index (Phi) is 2.02. The lowest BCUT2D eigenvalue weighted by Gasteiger charge is -2.34. The number of nitrogens with zero attached hydrogens (tertiary/aromatic N) is 1. The second kappa shape index (κ2) is 3.35. The molecule has 92 valence electrons. The highest BCUT2D eigenvalue weighted by Gasteiger charge is 2.40. The topological polar surface area (TPSA) is 68.5 Å². The van der Waals surface area contributed by atoms with Crippen LogP contribution in [0.5, 0.6) is 5.75 Å². The van der Waals surface area contributed by atoms with Crippen LogP contribution in [0, 0.1) is 0 Å². The third-order valence-electron chi connectivity index (χ3n) is 3.38. The molecule has 5 heteroatoms. The molecule has 1 N–H and O–H groups in total. The zero-order valence-corrected chi connectivity index (χ0v) is 9.71. The summed E-state index contributed by atoms with van der Waals surface area (Å²) in [6.07, 6.45) is 1.52. The molecule has 5 nitrogen and oxygen atoms in total. The first-order valence-corrected chi connectivity index (χ1v) is 5.55. The minimum atomic E-state index is -1.19. The molecule has 1 aliphatic heterocycles.